The third-order valence-corrected chi connectivity index (χ3v) is 4.52. The molecule has 27 heavy (non-hydrogen) atoms. The van der Waals surface area contributed by atoms with Gasteiger partial charge in [0.2, 0.25) is 11.8 Å². The van der Waals surface area contributed by atoms with Crippen molar-refractivity contribution in [2.75, 3.05) is 10.6 Å². The molecule has 2 rings (SSSR count). The highest BCUT2D eigenvalue weighted by molar-refractivity contribution is 5.93. The summed E-state index contributed by atoms with van der Waals surface area (Å²) < 4.78 is 0. The van der Waals surface area contributed by atoms with E-state index in [1.807, 2.05) is 48.5 Å². The van der Waals surface area contributed by atoms with Crippen molar-refractivity contribution >= 4 is 23.2 Å². The van der Waals surface area contributed by atoms with E-state index in [1.165, 1.54) is 0 Å². The van der Waals surface area contributed by atoms with E-state index < -0.39 is 0 Å². The molecule has 144 valence electrons. The number of anilines is 2. The molecule has 0 atom stereocenters. The fourth-order valence-corrected chi connectivity index (χ4v) is 3.06. The lowest BCUT2D eigenvalue weighted by atomic mass is 10.0. The second kappa shape index (κ2) is 9.91. The van der Waals surface area contributed by atoms with E-state index in [4.69, 9.17) is 0 Å². The molecule has 2 aromatic carbocycles. The molecule has 0 heterocycles. The standard InChI is InChI=1S/C23H30N2O2/c1-16(2)18-10-5-7-12-20(18)24-22(26)14-9-15-23(27)25-21-13-8-6-11-19(21)17(3)4/h5-8,10-13,16-17H,9,14-15H2,1-4H3,(H,24,26)(H,25,27). The maximum atomic E-state index is 12.2. The zero-order chi connectivity index (χ0) is 19.8. The van der Waals surface area contributed by atoms with Crippen LogP contribution in [0.1, 0.15) is 69.9 Å². The van der Waals surface area contributed by atoms with Crippen LogP contribution in [0.25, 0.3) is 0 Å². The Kier molecular flexibility index (Phi) is 7.59. The molecule has 0 radical (unpaired) electrons. The number of benzene rings is 2. The van der Waals surface area contributed by atoms with Crippen molar-refractivity contribution in [1.29, 1.82) is 0 Å². The van der Waals surface area contributed by atoms with Gasteiger partial charge in [-0.1, -0.05) is 64.1 Å². The smallest absolute Gasteiger partial charge is 0.224 e. The van der Waals surface area contributed by atoms with E-state index in [0.29, 0.717) is 31.1 Å². The number of carbonyl (C=O) groups excluding carboxylic acids is 2. The SMILES string of the molecule is CC(C)c1ccccc1NC(=O)CCCC(=O)Nc1ccccc1C(C)C. The lowest BCUT2D eigenvalue weighted by molar-refractivity contribution is -0.117. The van der Waals surface area contributed by atoms with Gasteiger partial charge in [0.05, 0.1) is 0 Å². The molecule has 0 spiro atoms. The molecule has 0 bridgehead atoms. The van der Waals surface area contributed by atoms with Crippen LogP contribution in [0, 0.1) is 0 Å². The predicted octanol–water partition coefficient (Wildman–Crippen LogP) is 5.68. The number of hydrogen-bond acceptors (Lipinski definition) is 2. The van der Waals surface area contributed by atoms with Gasteiger partial charge in [0.1, 0.15) is 0 Å². The first kappa shape index (κ1) is 20.7. The van der Waals surface area contributed by atoms with Crippen molar-refractivity contribution in [2.45, 2.75) is 58.8 Å². The number of amides is 2. The van der Waals surface area contributed by atoms with Crippen LogP contribution in [-0.2, 0) is 9.59 Å². The van der Waals surface area contributed by atoms with Crippen LogP contribution < -0.4 is 10.6 Å². The van der Waals surface area contributed by atoms with Crippen molar-refractivity contribution in [3.63, 3.8) is 0 Å². The Morgan fingerprint density at radius 3 is 1.44 bits per heavy atom. The van der Waals surface area contributed by atoms with Crippen molar-refractivity contribution in [3.8, 4) is 0 Å². The van der Waals surface area contributed by atoms with Crippen molar-refractivity contribution in [3.05, 3.63) is 59.7 Å². The molecule has 0 aromatic heterocycles. The summed E-state index contributed by atoms with van der Waals surface area (Å²) >= 11 is 0. The lowest BCUT2D eigenvalue weighted by Gasteiger charge is -2.14. The molecule has 0 fully saturated rings. The van der Waals surface area contributed by atoms with Crippen LogP contribution in [0.3, 0.4) is 0 Å². The minimum atomic E-state index is -0.0570. The maximum absolute atomic E-state index is 12.2. The number of rotatable bonds is 8. The second-order valence-electron chi connectivity index (χ2n) is 7.43. The average molecular weight is 367 g/mol. The number of nitrogens with one attached hydrogen (secondary N) is 2. The summed E-state index contributed by atoms with van der Waals surface area (Å²) in [7, 11) is 0. The van der Waals surface area contributed by atoms with E-state index in [9.17, 15) is 9.59 Å². The van der Waals surface area contributed by atoms with Crippen LogP contribution in [0.4, 0.5) is 11.4 Å². The van der Waals surface area contributed by atoms with Gasteiger partial charge < -0.3 is 10.6 Å². The van der Waals surface area contributed by atoms with Gasteiger partial charge >= 0.3 is 0 Å². The molecule has 0 saturated carbocycles. The summed E-state index contributed by atoms with van der Waals surface area (Å²) in [6.07, 6.45) is 1.17. The summed E-state index contributed by atoms with van der Waals surface area (Å²) in [6, 6.07) is 15.7. The highest BCUT2D eigenvalue weighted by Gasteiger charge is 2.12. The number of hydrogen-bond donors (Lipinski definition) is 2. The molecule has 0 aliphatic heterocycles. The van der Waals surface area contributed by atoms with Gasteiger partial charge in [-0.25, -0.2) is 0 Å². The second-order valence-corrected chi connectivity index (χ2v) is 7.43. The summed E-state index contributed by atoms with van der Waals surface area (Å²) in [5.74, 6) is 0.568. The highest BCUT2D eigenvalue weighted by Crippen LogP contribution is 2.25. The average Bonchev–Trinajstić information content (AvgIpc) is 2.62. The summed E-state index contributed by atoms with van der Waals surface area (Å²) in [4.78, 5) is 24.5. The van der Waals surface area contributed by atoms with E-state index in [2.05, 4.69) is 38.3 Å². The van der Waals surface area contributed by atoms with Crippen molar-refractivity contribution in [2.24, 2.45) is 0 Å². The van der Waals surface area contributed by atoms with Gasteiger partial charge in [0.15, 0.2) is 0 Å². The van der Waals surface area contributed by atoms with E-state index in [0.717, 1.165) is 22.5 Å². The Bertz CT molecular complexity index is 716. The molecule has 0 aliphatic carbocycles. The Labute approximate surface area is 162 Å². The van der Waals surface area contributed by atoms with Crippen LogP contribution in [-0.4, -0.2) is 11.8 Å². The molecule has 4 nitrogen and oxygen atoms in total. The molecule has 0 aliphatic rings. The molecule has 2 amide bonds. The summed E-state index contributed by atoms with van der Waals surface area (Å²) in [6.45, 7) is 8.41. The molecule has 2 aromatic rings. The van der Waals surface area contributed by atoms with Crippen LogP contribution in [0.2, 0.25) is 0 Å². The van der Waals surface area contributed by atoms with Crippen LogP contribution in [0.5, 0.6) is 0 Å². The quantitative estimate of drug-likeness (QED) is 0.631. The number of para-hydroxylation sites is 2. The zero-order valence-electron chi connectivity index (χ0n) is 16.7. The zero-order valence-corrected chi connectivity index (χ0v) is 16.7. The molecule has 2 N–H and O–H groups in total. The minimum Gasteiger partial charge on any atom is -0.326 e. The Hall–Kier alpha value is -2.62. The third-order valence-electron chi connectivity index (χ3n) is 4.52. The van der Waals surface area contributed by atoms with Gasteiger partial charge in [-0.3, -0.25) is 9.59 Å². The normalized spacial score (nSPS) is 10.9. The number of carbonyl (C=O) groups is 2. The first-order chi connectivity index (χ1) is 12.9. The van der Waals surface area contributed by atoms with Crippen LogP contribution >= 0.6 is 0 Å². The summed E-state index contributed by atoms with van der Waals surface area (Å²) in [5.41, 5.74) is 3.95. The Morgan fingerprint density at radius 1 is 0.704 bits per heavy atom. The van der Waals surface area contributed by atoms with Gasteiger partial charge in [0.25, 0.3) is 0 Å². The molecule has 4 heteroatoms. The molecular weight excluding hydrogens is 336 g/mol. The fourth-order valence-electron chi connectivity index (χ4n) is 3.06. The van der Waals surface area contributed by atoms with Crippen molar-refractivity contribution < 1.29 is 9.59 Å². The van der Waals surface area contributed by atoms with Gasteiger partial charge in [-0.15, -0.1) is 0 Å². The Morgan fingerprint density at radius 2 is 1.07 bits per heavy atom. The monoisotopic (exact) mass is 366 g/mol. The topological polar surface area (TPSA) is 58.2 Å². The van der Waals surface area contributed by atoms with Gasteiger partial charge in [0, 0.05) is 24.2 Å². The van der Waals surface area contributed by atoms with Crippen molar-refractivity contribution in [1.82, 2.24) is 0 Å². The third kappa shape index (κ3) is 6.24. The molecule has 0 unspecified atom stereocenters. The summed E-state index contributed by atoms with van der Waals surface area (Å²) in [5, 5.41) is 5.94. The predicted molar refractivity (Wildman–Crippen MR) is 112 cm³/mol. The largest absolute Gasteiger partial charge is 0.326 e. The van der Waals surface area contributed by atoms with Gasteiger partial charge in [-0.05, 0) is 41.5 Å². The highest BCUT2D eigenvalue weighted by atomic mass is 16.2. The lowest BCUT2D eigenvalue weighted by Crippen LogP contribution is -2.16. The van der Waals surface area contributed by atoms with E-state index >= 15 is 0 Å². The maximum Gasteiger partial charge on any atom is 0.224 e. The first-order valence-electron chi connectivity index (χ1n) is 9.66. The minimum absolute atomic E-state index is 0.0570. The van der Waals surface area contributed by atoms with E-state index in [1.54, 1.807) is 0 Å². The Balaban J connectivity index is 1.83. The van der Waals surface area contributed by atoms with Gasteiger partial charge in [-0.2, -0.15) is 0 Å². The van der Waals surface area contributed by atoms with E-state index in [-0.39, 0.29) is 11.8 Å². The molecular formula is C23H30N2O2. The first-order valence-corrected chi connectivity index (χ1v) is 9.66. The fraction of sp³-hybridized carbons (Fsp3) is 0.391. The van der Waals surface area contributed by atoms with Crippen LogP contribution in [0.15, 0.2) is 48.5 Å². The molecule has 0 saturated heterocycles.